The van der Waals surface area contributed by atoms with Gasteiger partial charge in [-0.05, 0) is 55.2 Å². The second-order valence-electron chi connectivity index (χ2n) is 8.15. The zero-order chi connectivity index (χ0) is 21.4. The van der Waals surface area contributed by atoms with Gasteiger partial charge in [-0.25, -0.2) is 0 Å². The van der Waals surface area contributed by atoms with Crippen LogP contribution in [0.2, 0.25) is 0 Å². The molecule has 0 aliphatic carbocycles. The number of rotatable bonds is 4. The lowest BCUT2D eigenvalue weighted by Gasteiger charge is -2.51. The van der Waals surface area contributed by atoms with Crippen molar-refractivity contribution in [3.63, 3.8) is 0 Å². The zero-order valence-corrected chi connectivity index (χ0v) is 17.8. The number of carbonyl (C=O) groups is 1. The largest absolute Gasteiger partial charge is 0.497 e. The maximum Gasteiger partial charge on any atom is 0.308 e. The Morgan fingerprint density at radius 3 is 2.17 bits per heavy atom. The first kappa shape index (κ1) is 20.0. The molecule has 0 amide bonds. The van der Waals surface area contributed by atoms with E-state index in [-0.39, 0.29) is 5.97 Å². The van der Waals surface area contributed by atoms with E-state index >= 15 is 0 Å². The minimum absolute atomic E-state index is 0.329. The highest BCUT2D eigenvalue weighted by molar-refractivity contribution is 5.69. The molecule has 0 fully saturated rings. The molecule has 1 unspecified atom stereocenters. The van der Waals surface area contributed by atoms with Gasteiger partial charge in [-0.3, -0.25) is 4.79 Å². The van der Waals surface area contributed by atoms with Gasteiger partial charge in [-0.1, -0.05) is 48.5 Å². The summed E-state index contributed by atoms with van der Waals surface area (Å²) < 4.78 is 17.3. The minimum atomic E-state index is -0.545. The highest BCUT2D eigenvalue weighted by Crippen LogP contribution is 2.51. The molecule has 1 heterocycles. The molecule has 1 atom stereocenters. The van der Waals surface area contributed by atoms with E-state index in [0.29, 0.717) is 5.75 Å². The third kappa shape index (κ3) is 3.32. The molecule has 0 radical (unpaired) electrons. The van der Waals surface area contributed by atoms with Gasteiger partial charge < -0.3 is 14.2 Å². The second kappa shape index (κ2) is 7.52. The standard InChI is InChI=1S/C26H26O4/c1-18(27)29-22-14-11-21(12-15-22)26(20-8-6-5-7-9-20)17-19-10-13-23(28-4)16-24(19)30-25(26,2)3/h5-16H,17H2,1-4H3. The van der Waals surface area contributed by atoms with E-state index in [0.717, 1.165) is 29.0 Å². The first-order chi connectivity index (χ1) is 14.4. The fourth-order valence-electron chi connectivity index (χ4n) is 4.53. The molecule has 4 heteroatoms. The van der Waals surface area contributed by atoms with Crippen LogP contribution < -0.4 is 14.2 Å². The van der Waals surface area contributed by atoms with E-state index in [9.17, 15) is 4.79 Å². The highest BCUT2D eigenvalue weighted by Gasteiger charge is 2.52. The molecule has 0 saturated carbocycles. The Morgan fingerprint density at radius 2 is 1.53 bits per heavy atom. The fraction of sp³-hybridized carbons (Fsp3) is 0.269. The Morgan fingerprint density at radius 1 is 0.900 bits per heavy atom. The topological polar surface area (TPSA) is 44.8 Å². The molecule has 0 aromatic heterocycles. The number of fused-ring (bicyclic) bond motifs is 1. The molecular formula is C26H26O4. The van der Waals surface area contributed by atoms with Crippen LogP contribution in [0.3, 0.4) is 0 Å². The summed E-state index contributed by atoms with van der Waals surface area (Å²) >= 11 is 0. The third-order valence-electron chi connectivity index (χ3n) is 6.00. The van der Waals surface area contributed by atoms with Crippen LogP contribution in [0.1, 0.15) is 37.5 Å². The second-order valence-corrected chi connectivity index (χ2v) is 8.15. The summed E-state index contributed by atoms with van der Waals surface area (Å²) in [5, 5.41) is 0. The van der Waals surface area contributed by atoms with Crippen molar-refractivity contribution in [3.05, 3.63) is 89.5 Å². The predicted molar refractivity (Wildman–Crippen MR) is 116 cm³/mol. The van der Waals surface area contributed by atoms with Gasteiger partial charge in [0.05, 0.1) is 12.5 Å². The molecule has 0 spiro atoms. The van der Waals surface area contributed by atoms with Crippen LogP contribution >= 0.6 is 0 Å². The number of esters is 1. The first-order valence-corrected chi connectivity index (χ1v) is 10.1. The summed E-state index contributed by atoms with van der Waals surface area (Å²) in [7, 11) is 1.66. The summed E-state index contributed by atoms with van der Waals surface area (Å²) in [6.07, 6.45) is 0.774. The van der Waals surface area contributed by atoms with E-state index in [4.69, 9.17) is 14.2 Å². The molecule has 3 aromatic carbocycles. The van der Waals surface area contributed by atoms with Crippen LogP contribution in [-0.4, -0.2) is 18.7 Å². The number of ether oxygens (including phenoxy) is 3. The van der Waals surface area contributed by atoms with Gasteiger partial charge in [0.1, 0.15) is 22.8 Å². The number of hydrogen-bond donors (Lipinski definition) is 0. The van der Waals surface area contributed by atoms with Crippen LogP contribution in [0.5, 0.6) is 17.2 Å². The number of benzene rings is 3. The maximum atomic E-state index is 11.3. The van der Waals surface area contributed by atoms with E-state index in [1.165, 1.54) is 12.5 Å². The molecule has 0 saturated heterocycles. The lowest BCUT2D eigenvalue weighted by atomic mass is 9.60. The van der Waals surface area contributed by atoms with Gasteiger partial charge in [0.2, 0.25) is 0 Å². The van der Waals surface area contributed by atoms with Crippen LogP contribution in [0.15, 0.2) is 72.8 Å². The summed E-state index contributed by atoms with van der Waals surface area (Å²) in [5.41, 5.74) is 2.44. The number of methoxy groups -OCH3 is 1. The van der Waals surface area contributed by atoms with Crippen molar-refractivity contribution < 1.29 is 19.0 Å². The maximum absolute atomic E-state index is 11.3. The molecule has 30 heavy (non-hydrogen) atoms. The molecular weight excluding hydrogens is 376 g/mol. The highest BCUT2D eigenvalue weighted by atomic mass is 16.5. The van der Waals surface area contributed by atoms with Crippen molar-refractivity contribution in [1.82, 2.24) is 0 Å². The lowest BCUT2D eigenvalue weighted by molar-refractivity contribution is -0.131. The van der Waals surface area contributed by atoms with E-state index < -0.39 is 11.0 Å². The Bertz CT molecular complexity index is 1050. The molecule has 1 aliphatic heterocycles. The van der Waals surface area contributed by atoms with Crippen molar-refractivity contribution in [1.29, 1.82) is 0 Å². The SMILES string of the molecule is COc1ccc2c(c1)OC(C)(C)C(c1ccccc1)(c1ccc(OC(C)=O)cc1)C2. The van der Waals surface area contributed by atoms with Crippen LogP contribution in [-0.2, 0) is 16.6 Å². The van der Waals surface area contributed by atoms with Crippen molar-refractivity contribution in [2.45, 2.75) is 38.2 Å². The number of carbonyl (C=O) groups excluding carboxylic acids is 1. The average molecular weight is 402 g/mol. The molecule has 1 aliphatic rings. The molecule has 4 nitrogen and oxygen atoms in total. The van der Waals surface area contributed by atoms with Gasteiger partial charge in [0, 0.05) is 13.0 Å². The molecule has 154 valence electrons. The average Bonchev–Trinajstić information content (AvgIpc) is 2.73. The molecule has 0 bridgehead atoms. The van der Waals surface area contributed by atoms with Crippen LogP contribution in [0.25, 0.3) is 0 Å². The summed E-state index contributed by atoms with van der Waals surface area (Å²) in [6, 6.07) is 24.2. The molecule has 4 rings (SSSR count). The Balaban J connectivity index is 1.89. The van der Waals surface area contributed by atoms with Crippen molar-refractivity contribution >= 4 is 5.97 Å². The number of hydrogen-bond acceptors (Lipinski definition) is 4. The van der Waals surface area contributed by atoms with Crippen LogP contribution in [0, 0.1) is 0 Å². The quantitative estimate of drug-likeness (QED) is 0.438. The molecule has 0 N–H and O–H groups in total. The smallest absolute Gasteiger partial charge is 0.308 e. The van der Waals surface area contributed by atoms with Gasteiger partial charge in [0.25, 0.3) is 0 Å². The minimum Gasteiger partial charge on any atom is -0.497 e. The monoisotopic (exact) mass is 402 g/mol. The van der Waals surface area contributed by atoms with Gasteiger partial charge in [-0.2, -0.15) is 0 Å². The lowest BCUT2D eigenvalue weighted by Crippen LogP contribution is -2.56. The Kier molecular flexibility index (Phi) is 5.02. The first-order valence-electron chi connectivity index (χ1n) is 10.1. The third-order valence-corrected chi connectivity index (χ3v) is 6.00. The normalized spacial score (nSPS) is 19.3. The van der Waals surface area contributed by atoms with Gasteiger partial charge >= 0.3 is 5.97 Å². The summed E-state index contributed by atoms with van der Waals surface area (Å²) in [6.45, 7) is 5.66. The van der Waals surface area contributed by atoms with Gasteiger partial charge in [-0.15, -0.1) is 0 Å². The predicted octanol–water partition coefficient (Wildman–Crippen LogP) is 5.32. The Hall–Kier alpha value is -3.27. The van der Waals surface area contributed by atoms with Crippen molar-refractivity contribution in [3.8, 4) is 17.2 Å². The van der Waals surface area contributed by atoms with Crippen molar-refractivity contribution in [2.75, 3.05) is 7.11 Å². The zero-order valence-electron chi connectivity index (χ0n) is 17.8. The molecule has 3 aromatic rings. The fourth-order valence-corrected chi connectivity index (χ4v) is 4.53. The summed E-state index contributed by atoms with van der Waals surface area (Å²) in [5.74, 6) is 1.84. The van der Waals surface area contributed by atoms with Crippen LogP contribution in [0.4, 0.5) is 0 Å². The van der Waals surface area contributed by atoms with Crippen molar-refractivity contribution in [2.24, 2.45) is 0 Å². The van der Waals surface area contributed by atoms with E-state index in [1.807, 2.05) is 42.5 Å². The van der Waals surface area contributed by atoms with E-state index in [1.54, 1.807) is 7.11 Å². The van der Waals surface area contributed by atoms with Gasteiger partial charge in [0.15, 0.2) is 0 Å². The van der Waals surface area contributed by atoms with E-state index in [2.05, 4.69) is 44.2 Å². The Labute approximate surface area is 177 Å². The summed E-state index contributed by atoms with van der Waals surface area (Å²) in [4.78, 5) is 11.3.